The van der Waals surface area contributed by atoms with Crippen molar-refractivity contribution in [3.63, 3.8) is 0 Å². The minimum atomic E-state index is 0.260. The maximum Gasteiger partial charge on any atom is 0.126 e. The van der Waals surface area contributed by atoms with Gasteiger partial charge in [-0.3, -0.25) is 0 Å². The Balaban J connectivity index is 2.63. The molecule has 15 heavy (non-hydrogen) atoms. The van der Waals surface area contributed by atoms with E-state index in [1.165, 1.54) is 0 Å². The molecule has 2 heteroatoms. The van der Waals surface area contributed by atoms with Gasteiger partial charge in [0, 0.05) is 11.6 Å². The molecule has 0 spiro atoms. The number of hydrogen-bond acceptors (Lipinski definition) is 2. The van der Waals surface area contributed by atoms with Crippen molar-refractivity contribution >= 4 is 6.08 Å². The molecule has 1 aromatic rings. The van der Waals surface area contributed by atoms with Gasteiger partial charge in [-0.25, -0.2) is 0 Å². The fourth-order valence-corrected chi connectivity index (χ4v) is 1.34. The van der Waals surface area contributed by atoms with Crippen LogP contribution >= 0.6 is 0 Å². The van der Waals surface area contributed by atoms with Gasteiger partial charge in [-0.1, -0.05) is 37.3 Å². The Kier molecular flexibility index (Phi) is 4.91. The fraction of sp³-hybridized carbons (Fsp3) is 0.385. The molecule has 2 N–H and O–H groups in total. The predicted octanol–water partition coefficient (Wildman–Crippen LogP) is 2.84. The van der Waals surface area contributed by atoms with E-state index in [1.54, 1.807) is 7.11 Å². The Morgan fingerprint density at radius 1 is 1.40 bits per heavy atom. The summed E-state index contributed by atoms with van der Waals surface area (Å²) in [6.07, 6.45) is 6.09. The second kappa shape index (κ2) is 6.25. The van der Waals surface area contributed by atoms with Crippen LogP contribution < -0.4 is 10.5 Å². The second-order valence-corrected chi connectivity index (χ2v) is 3.55. The third-order valence-electron chi connectivity index (χ3n) is 2.40. The van der Waals surface area contributed by atoms with Crippen molar-refractivity contribution in [1.82, 2.24) is 0 Å². The van der Waals surface area contributed by atoms with Crippen molar-refractivity contribution in [2.24, 2.45) is 5.73 Å². The Morgan fingerprint density at radius 2 is 2.13 bits per heavy atom. The summed E-state index contributed by atoms with van der Waals surface area (Å²) < 4.78 is 5.25. The lowest BCUT2D eigenvalue weighted by atomic mass is 10.1. The molecule has 0 radical (unpaired) electrons. The molecule has 0 saturated heterocycles. The summed E-state index contributed by atoms with van der Waals surface area (Å²) >= 11 is 0. The van der Waals surface area contributed by atoms with E-state index in [0.29, 0.717) is 0 Å². The Hall–Kier alpha value is -1.28. The molecule has 1 atom stereocenters. The van der Waals surface area contributed by atoms with Crippen LogP contribution in [0, 0.1) is 0 Å². The van der Waals surface area contributed by atoms with Crippen LogP contribution in [0.25, 0.3) is 6.08 Å². The molecule has 1 aromatic carbocycles. The van der Waals surface area contributed by atoms with E-state index in [0.717, 1.165) is 24.2 Å². The third-order valence-corrected chi connectivity index (χ3v) is 2.40. The number of nitrogens with two attached hydrogens (primary N) is 1. The summed E-state index contributed by atoms with van der Waals surface area (Å²) in [4.78, 5) is 0. The molecule has 0 aromatic heterocycles. The summed E-state index contributed by atoms with van der Waals surface area (Å²) in [5.41, 5.74) is 6.93. The van der Waals surface area contributed by atoms with Crippen LogP contribution in [0.15, 0.2) is 30.3 Å². The second-order valence-electron chi connectivity index (χ2n) is 3.55. The minimum Gasteiger partial charge on any atom is -0.496 e. The van der Waals surface area contributed by atoms with Crippen LogP contribution in [0.2, 0.25) is 0 Å². The minimum absolute atomic E-state index is 0.260. The molecule has 0 amide bonds. The molecule has 0 heterocycles. The highest BCUT2D eigenvalue weighted by Crippen LogP contribution is 2.18. The normalized spacial score (nSPS) is 13.0. The largest absolute Gasteiger partial charge is 0.496 e. The monoisotopic (exact) mass is 205 g/mol. The van der Waals surface area contributed by atoms with E-state index in [4.69, 9.17) is 10.5 Å². The lowest BCUT2D eigenvalue weighted by molar-refractivity contribution is 0.414. The quantitative estimate of drug-likeness (QED) is 0.802. The molecule has 0 aliphatic carbocycles. The molecular weight excluding hydrogens is 186 g/mol. The molecular formula is C13H19NO. The first-order valence-electron chi connectivity index (χ1n) is 5.33. The lowest BCUT2D eigenvalue weighted by Crippen LogP contribution is -2.16. The summed E-state index contributed by atoms with van der Waals surface area (Å²) in [6.45, 7) is 2.10. The topological polar surface area (TPSA) is 35.2 Å². The standard InChI is InChI=1S/C13H19NO/c1-3-12(14)9-6-8-11-7-4-5-10-13(11)15-2/h4-8,10,12H,3,9,14H2,1-2H3/b8-6+. The maximum absolute atomic E-state index is 5.83. The van der Waals surface area contributed by atoms with Crippen LogP contribution in [0.1, 0.15) is 25.3 Å². The van der Waals surface area contributed by atoms with Gasteiger partial charge in [-0.05, 0) is 18.9 Å². The smallest absolute Gasteiger partial charge is 0.126 e. The lowest BCUT2D eigenvalue weighted by Gasteiger charge is -2.05. The summed E-state index contributed by atoms with van der Waals surface area (Å²) in [6, 6.07) is 8.22. The first-order valence-corrected chi connectivity index (χ1v) is 5.33. The van der Waals surface area contributed by atoms with Crippen LogP contribution in [-0.4, -0.2) is 13.2 Å². The van der Waals surface area contributed by atoms with Crippen molar-refractivity contribution in [3.05, 3.63) is 35.9 Å². The van der Waals surface area contributed by atoms with Gasteiger partial charge >= 0.3 is 0 Å². The van der Waals surface area contributed by atoms with Gasteiger partial charge in [0.2, 0.25) is 0 Å². The molecule has 0 fully saturated rings. The van der Waals surface area contributed by atoms with E-state index >= 15 is 0 Å². The highest BCUT2D eigenvalue weighted by molar-refractivity contribution is 5.57. The molecule has 0 aliphatic heterocycles. The predicted molar refractivity (Wildman–Crippen MR) is 64.9 cm³/mol. The van der Waals surface area contributed by atoms with Gasteiger partial charge in [0.15, 0.2) is 0 Å². The number of methoxy groups -OCH3 is 1. The van der Waals surface area contributed by atoms with Gasteiger partial charge in [0.25, 0.3) is 0 Å². The summed E-state index contributed by atoms with van der Waals surface area (Å²) in [5, 5.41) is 0. The number of benzene rings is 1. The molecule has 0 aliphatic rings. The van der Waals surface area contributed by atoms with Crippen molar-refractivity contribution in [2.75, 3.05) is 7.11 Å². The van der Waals surface area contributed by atoms with Crippen molar-refractivity contribution in [3.8, 4) is 5.75 Å². The zero-order chi connectivity index (χ0) is 11.1. The molecule has 1 unspecified atom stereocenters. The summed E-state index contributed by atoms with van der Waals surface area (Å²) in [5.74, 6) is 0.902. The number of ether oxygens (including phenoxy) is 1. The highest BCUT2D eigenvalue weighted by Gasteiger charge is 1.97. The van der Waals surface area contributed by atoms with E-state index < -0.39 is 0 Å². The van der Waals surface area contributed by atoms with Crippen LogP contribution in [0.3, 0.4) is 0 Å². The van der Waals surface area contributed by atoms with Crippen molar-refractivity contribution < 1.29 is 4.74 Å². The first kappa shape index (κ1) is 11.8. The van der Waals surface area contributed by atoms with Crippen LogP contribution in [0.4, 0.5) is 0 Å². The van der Waals surface area contributed by atoms with Gasteiger partial charge in [0.1, 0.15) is 5.75 Å². The van der Waals surface area contributed by atoms with Gasteiger partial charge in [-0.15, -0.1) is 0 Å². The fourth-order valence-electron chi connectivity index (χ4n) is 1.34. The van der Waals surface area contributed by atoms with E-state index in [-0.39, 0.29) is 6.04 Å². The zero-order valence-electron chi connectivity index (χ0n) is 9.44. The van der Waals surface area contributed by atoms with Crippen LogP contribution in [0.5, 0.6) is 5.75 Å². The van der Waals surface area contributed by atoms with Crippen molar-refractivity contribution in [1.29, 1.82) is 0 Å². The Bertz CT molecular complexity index is 320. The van der Waals surface area contributed by atoms with E-state index in [1.807, 2.05) is 24.3 Å². The van der Waals surface area contributed by atoms with Gasteiger partial charge in [0.05, 0.1) is 7.11 Å². The number of hydrogen-bond donors (Lipinski definition) is 1. The zero-order valence-corrected chi connectivity index (χ0v) is 9.44. The Labute approximate surface area is 91.7 Å². The SMILES string of the molecule is CCC(N)C/C=C/c1ccccc1OC. The van der Waals surface area contributed by atoms with Crippen LogP contribution in [-0.2, 0) is 0 Å². The van der Waals surface area contributed by atoms with E-state index in [9.17, 15) is 0 Å². The first-order chi connectivity index (χ1) is 7.27. The molecule has 0 saturated carbocycles. The average molecular weight is 205 g/mol. The maximum atomic E-state index is 5.83. The Morgan fingerprint density at radius 3 is 2.80 bits per heavy atom. The summed E-state index contributed by atoms with van der Waals surface area (Å²) in [7, 11) is 1.68. The van der Waals surface area contributed by atoms with E-state index in [2.05, 4.69) is 19.1 Å². The molecule has 0 bridgehead atoms. The number of rotatable bonds is 5. The third kappa shape index (κ3) is 3.76. The van der Waals surface area contributed by atoms with Gasteiger partial charge in [-0.2, -0.15) is 0 Å². The highest BCUT2D eigenvalue weighted by atomic mass is 16.5. The molecule has 2 nitrogen and oxygen atoms in total. The average Bonchev–Trinajstić information content (AvgIpc) is 2.29. The number of para-hydroxylation sites is 1. The molecule has 82 valence electrons. The molecule has 1 rings (SSSR count). The van der Waals surface area contributed by atoms with Crippen molar-refractivity contribution in [2.45, 2.75) is 25.8 Å². The van der Waals surface area contributed by atoms with Gasteiger partial charge < -0.3 is 10.5 Å².